The molecule has 1 aromatic carbocycles. The van der Waals surface area contributed by atoms with Crippen molar-refractivity contribution in [1.29, 1.82) is 0 Å². The standard InChI is InChI=1S/C18H25N5O/c1-13(14-6-4-3-5-7-14)23-9-8-15(11-23)20-10-16-17(19)21-12-22-18(16)24-2/h3-7,12-13,15,20H,8-11H2,1-2H3,(H2,19,21,22). The lowest BCUT2D eigenvalue weighted by Gasteiger charge is -2.25. The molecule has 3 N–H and O–H groups in total. The Morgan fingerprint density at radius 2 is 2.12 bits per heavy atom. The number of hydrogen-bond donors (Lipinski definition) is 2. The van der Waals surface area contributed by atoms with Gasteiger partial charge in [-0.25, -0.2) is 9.97 Å². The Bertz CT molecular complexity index is 664. The predicted octanol–water partition coefficient (Wildman–Crippen LogP) is 1.99. The summed E-state index contributed by atoms with van der Waals surface area (Å²) in [5, 5.41) is 3.57. The number of nitrogens with zero attached hydrogens (tertiary/aromatic N) is 3. The van der Waals surface area contributed by atoms with Crippen LogP contribution in [0.5, 0.6) is 5.88 Å². The van der Waals surface area contributed by atoms with E-state index in [4.69, 9.17) is 10.5 Å². The van der Waals surface area contributed by atoms with Gasteiger partial charge in [-0.2, -0.15) is 0 Å². The van der Waals surface area contributed by atoms with Gasteiger partial charge in [-0.1, -0.05) is 30.3 Å². The summed E-state index contributed by atoms with van der Waals surface area (Å²) in [5.41, 5.74) is 8.14. The van der Waals surface area contributed by atoms with Crippen molar-refractivity contribution in [2.24, 2.45) is 0 Å². The first-order valence-electron chi connectivity index (χ1n) is 8.34. The maximum atomic E-state index is 5.95. The first-order valence-corrected chi connectivity index (χ1v) is 8.34. The maximum absolute atomic E-state index is 5.95. The molecule has 1 fully saturated rings. The minimum atomic E-state index is 0.428. The second-order valence-electron chi connectivity index (χ2n) is 6.19. The Morgan fingerprint density at radius 3 is 2.88 bits per heavy atom. The van der Waals surface area contributed by atoms with Crippen LogP contribution in [-0.4, -0.2) is 41.1 Å². The lowest BCUT2D eigenvalue weighted by molar-refractivity contribution is 0.255. The molecule has 24 heavy (non-hydrogen) atoms. The molecule has 6 heteroatoms. The van der Waals surface area contributed by atoms with Crippen molar-refractivity contribution in [3.63, 3.8) is 0 Å². The van der Waals surface area contributed by atoms with Crippen LogP contribution in [0.1, 0.15) is 30.5 Å². The zero-order valence-corrected chi connectivity index (χ0v) is 14.3. The van der Waals surface area contributed by atoms with E-state index in [2.05, 4.69) is 57.4 Å². The van der Waals surface area contributed by atoms with Crippen LogP contribution in [0.4, 0.5) is 5.82 Å². The van der Waals surface area contributed by atoms with E-state index in [9.17, 15) is 0 Å². The Labute approximate surface area is 143 Å². The van der Waals surface area contributed by atoms with Crippen molar-refractivity contribution in [3.8, 4) is 5.88 Å². The van der Waals surface area contributed by atoms with Crippen molar-refractivity contribution in [2.75, 3.05) is 25.9 Å². The van der Waals surface area contributed by atoms with Crippen LogP contribution in [0.25, 0.3) is 0 Å². The van der Waals surface area contributed by atoms with Gasteiger partial charge >= 0.3 is 0 Å². The van der Waals surface area contributed by atoms with E-state index in [-0.39, 0.29) is 0 Å². The smallest absolute Gasteiger partial charge is 0.222 e. The average molecular weight is 327 g/mol. The monoisotopic (exact) mass is 327 g/mol. The van der Waals surface area contributed by atoms with Gasteiger partial charge in [0.15, 0.2) is 0 Å². The Morgan fingerprint density at radius 1 is 1.33 bits per heavy atom. The molecule has 0 bridgehead atoms. The highest BCUT2D eigenvalue weighted by molar-refractivity contribution is 5.44. The van der Waals surface area contributed by atoms with E-state index in [0.717, 1.165) is 25.1 Å². The molecular formula is C18H25N5O. The molecule has 0 amide bonds. The van der Waals surface area contributed by atoms with Crippen LogP contribution in [0.3, 0.4) is 0 Å². The lowest BCUT2D eigenvalue weighted by Crippen LogP contribution is -2.33. The fourth-order valence-electron chi connectivity index (χ4n) is 3.25. The molecule has 2 heterocycles. The minimum Gasteiger partial charge on any atom is -0.481 e. The first-order chi connectivity index (χ1) is 11.7. The molecule has 0 radical (unpaired) electrons. The number of methoxy groups -OCH3 is 1. The molecule has 6 nitrogen and oxygen atoms in total. The molecule has 1 aliphatic heterocycles. The van der Waals surface area contributed by atoms with Gasteiger partial charge in [0.1, 0.15) is 12.1 Å². The first kappa shape index (κ1) is 16.7. The zero-order valence-electron chi connectivity index (χ0n) is 14.3. The topological polar surface area (TPSA) is 76.3 Å². The van der Waals surface area contributed by atoms with Crippen molar-refractivity contribution < 1.29 is 4.74 Å². The molecule has 2 unspecified atom stereocenters. The van der Waals surface area contributed by atoms with Gasteiger partial charge in [0.05, 0.1) is 12.7 Å². The number of ether oxygens (including phenoxy) is 1. The Balaban J connectivity index is 1.57. The van der Waals surface area contributed by atoms with Crippen LogP contribution in [0.15, 0.2) is 36.7 Å². The number of anilines is 1. The highest BCUT2D eigenvalue weighted by Crippen LogP contribution is 2.25. The van der Waals surface area contributed by atoms with E-state index < -0.39 is 0 Å². The largest absolute Gasteiger partial charge is 0.481 e. The Kier molecular flexibility index (Phi) is 5.27. The Hall–Kier alpha value is -2.18. The van der Waals surface area contributed by atoms with E-state index in [1.807, 2.05) is 0 Å². The van der Waals surface area contributed by atoms with Gasteiger partial charge in [0, 0.05) is 31.7 Å². The molecule has 2 atom stereocenters. The van der Waals surface area contributed by atoms with Gasteiger partial charge < -0.3 is 15.8 Å². The second-order valence-corrected chi connectivity index (χ2v) is 6.19. The summed E-state index contributed by atoms with van der Waals surface area (Å²) in [6, 6.07) is 11.5. The molecule has 3 rings (SSSR count). The van der Waals surface area contributed by atoms with Crippen molar-refractivity contribution in [1.82, 2.24) is 20.2 Å². The summed E-state index contributed by atoms with van der Waals surface area (Å²) in [7, 11) is 1.60. The van der Waals surface area contributed by atoms with Gasteiger partial charge in [-0.15, -0.1) is 0 Å². The van der Waals surface area contributed by atoms with Gasteiger partial charge in [0.25, 0.3) is 0 Å². The van der Waals surface area contributed by atoms with Crippen LogP contribution in [-0.2, 0) is 6.54 Å². The molecule has 1 saturated heterocycles. The molecule has 1 aliphatic rings. The quantitative estimate of drug-likeness (QED) is 0.845. The summed E-state index contributed by atoms with van der Waals surface area (Å²) in [6.45, 7) is 5.00. The summed E-state index contributed by atoms with van der Waals surface area (Å²) in [5.74, 6) is 1.02. The van der Waals surface area contributed by atoms with Crippen molar-refractivity contribution in [3.05, 3.63) is 47.8 Å². The summed E-state index contributed by atoms with van der Waals surface area (Å²) >= 11 is 0. The van der Waals surface area contributed by atoms with E-state index in [1.165, 1.54) is 11.9 Å². The third-order valence-electron chi connectivity index (χ3n) is 4.75. The molecule has 0 aliphatic carbocycles. The van der Waals surface area contributed by atoms with E-state index in [0.29, 0.717) is 30.3 Å². The van der Waals surface area contributed by atoms with Gasteiger partial charge in [0.2, 0.25) is 5.88 Å². The highest BCUT2D eigenvalue weighted by atomic mass is 16.5. The zero-order chi connectivity index (χ0) is 16.9. The van der Waals surface area contributed by atoms with E-state index in [1.54, 1.807) is 7.11 Å². The molecule has 128 valence electrons. The molecule has 2 aromatic rings. The fraction of sp³-hybridized carbons (Fsp3) is 0.444. The predicted molar refractivity (Wildman–Crippen MR) is 94.7 cm³/mol. The van der Waals surface area contributed by atoms with Gasteiger partial charge in [-0.05, 0) is 18.9 Å². The SMILES string of the molecule is COc1ncnc(N)c1CNC1CCN(C(C)c2ccccc2)C1. The fourth-order valence-corrected chi connectivity index (χ4v) is 3.25. The molecular weight excluding hydrogens is 302 g/mol. The normalized spacial score (nSPS) is 19.3. The molecule has 1 aromatic heterocycles. The maximum Gasteiger partial charge on any atom is 0.222 e. The summed E-state index contributed by atoms with van der Waals surface area (Å²) in [4.78, 5) is 10.7. The van der Waals surface area contributed by atoms with Crippen LogP contribution < -0.4 is 15.8 Å². The lowest BCUT2D eigenvalue weighted by atomic mass is 10.1. The van der Waals surface area contributed by atoms with Crippen LogP contribution in [0.2, 0.25) is 0 Å². The van der Waals surface area contributed by atoms with Gasteiger partial charge in [-0.3, -0.25) is 4.90 Å². The average Bonchev–Trinajstić information content (AvgIpc) is 3.09. The number of nitrogen functional groups attached to an aromatic ring is 1. The third-order valence-corrected chi connectivity index (χ3v) is 4.75. The summed E-state index contributed by atoms with van der Waals surface area (Å²) < 4.78 is 5.28. The number of nitrogens with one attached hydrogen (secondary N) is 1. The third kappa shape index (κ3) is 3.66. The van der Waals surface area contributed by atoms with Crippen molar-refractivity contribution >= 4 is 5.82 Å². The minimum absolute atomic E-state index is 0.428. The second kappa shape index (κ2) is 7.59. The number of aromatic nitrogens is 2. The number of rotatable bonds is 6. The number of likely N-dealkylation sites (tertiary alicyclic amines) is 1. The van der Waals surface area contributed by atoms with Crippen LogP contribution >= 0.6 is 0 Å². The summed E-state index contributed by atoms with van der Waals surface area (Å²) in [6.07, 6.45) is 2.55. The molecule has 0 saturated carbocycles. The molecule has 0 spiro atoms. The number of nitrogens with two attached hydrogens (primary N) is 1. The highest BCUT2D eigenvalue weighted by Gasteiger charge is 2.26. The van der Waals surface area contributed by atoms with Crippen molar-refractivity contribution in [2.45, 2.75) is 32.0 Å². The van der Waals surface area contributed by atoms with Crippen LogP contribution in [0, 0.1) is 0 Å². The number of benzene rings is 1. The van der Waals surface area contributed by atoms with E-state index >= 15 is 0 Å². The number of hydrogen-bond acceptors (Lipinski definition) is 6.